The summed E-state index contributed by atoms with van der Waals surface area (Å²) < 4.78 is 30.9. The van der Waals surface area contributed by atoms with Crippen LogP contribution in [0.3, 0.4) is 0 Å². The third-order valence-electron chi connectivity index (χ3n) is 16.2. The van der Waals surface area contributed by atoms with Crippen LogP contribution in [0, 0.1) is 59.2 Å². The number of ether oxygens (including phenoxy) is 5. The second-order valence-corrected chi connectivity index (χ2v) is 24.4. The van der Waals surface area contributed by atoms with Gasteiger partial charge in [0.25, 0.3) is 0 Å². The molecule has 0 aromatic heterocycles. The second-order valence-electron chi connectivity index (χ2n) is 24.4. The zero-order chi connectivity index (χ0) is 66.1. The molecule has 0 bridgehead atoms. The van der Waals surface area contributed by atoms with Crippen molar-refractivity contribution in [2.75, 3.05) is 39.6 Å². The topological polar surface area (TPSA) is 64.6 Å². The first-order chi connectivity index (χ1) is 46.4. The van der Waals surface area contributed by atoms with Crippen LogP contribution in [0.25, 0.3) is 0 Å². The summed E-state index contributed by atoms with van der Waals surface area (Å²) in [5.74, 6) is 40.1. The van der Waals surface area contributed by atoms with Crippen molar-refractivity contribution in [2.24, 2.45) is 0 Å². The maximum absolute atomic E-state index is 6.75. The maximum atomic E-state index is 6.75. The smallest absolute Gasteiger partial charge is 0.199 e. The zero-order valence-electron chi connectivity index (χ0n) is 58.2. The van der Waals surface area contributed by atoms with Gasteiger partial charge in [-0.2, -0.15) is 4.89 Å². The first-order valence-electron chi connectivity index (χ1n) is 36.2. The van der Waals surface area contributed by atoms with E-state index in [1.165, 1.54) is 103 Å². The van der Waals surface area contributed by atoms with Gasteiger partial charge in [0.1, 0.15) is 28.7 Å². The van der Waals surface area contributed by atoms with Gasteiger partial charge in [0.15, 0.2) is 5.75 Å². The average molecular weight is 1270 g/mol. The van der Waals surface area contributed by atoms with E-state index >= 15 is 0 Å². The number of rotatable bonds is 42. The van der Waals surface area contributed by atoms with E-state index in [2.05, 4.69) is 101 Å². The van der Waals surface area contributed by atoms with E-state index in [4.69, 9.17) is 33.5 Å². The first-order valence-corrected chi connectivity index (χ1v) is 36.2. The fourth-order valence-corrected chi connectivity index (χ4v) is 10.4. The molecule has 0 saturated carbocycles. The molecule has 6 aromatic carbocycles. The van der Waals surface area contributed by atoms with E-state index in [0.29, 0.717) is 73.2 Å². The molecule has 498 valence electrons. The Kier molecular flexibility index (Phi) is 38.0. The highest BCUT2D eigenvalue weighted by molar-refractivity contribution is 5.78. The van der Waals surface area contributed by atoms with E-state index in [1.54, 1.807) is 0 Å². The Morgan fingerprint density at radius 3 is 0.638 bits per heavy atom. The summed E-state index contributed by atoms with van der Waals surface area (Å²) in [4.78, 5) is 13.1. The molecule has 6 aromatic rings. The van der Waals surface area contributed by atoms with Crippen LogP contribution >= 0.6 is 0 Å². The fraction of sp³-hybridized carbons (Fsp3) is 0.471. The van der Waals surface area contributed by atoms with Gasteiger partial charge in [0.05, 0.1) is 67.5 Å². The highest BCUT2D eigenvalue weighted by atomic mass is 17.2. The van der Waals surface area contributed by atoms with Gasteiger partial charge in [-0.05, 0) is 160 Å². The third kappa shape index (κ3) is 29.9. The molecule has 0 radical (unpaired) electrons. The van der Waals surface area contributed by atoms with Crippen LogP contribution in [0.1, 0.15) is 283 Å². The standard InChI is InChI=1S/C87H108O7/c1-7-13-19-25-26-27-28-29-35-71-93-94-87-85(64-49-75-42-57-80(58-43-75)91-69-33-23-17-11-5)83(62-47-73-38-53-78(54-39-73)89-67-31-21-15-9-3)82(61-46-72-36-51-77(52-37-72)88-66-30-20-14-8-2)84(63-48-74-40-55-79(56-41-74)90-68-32-22-16-10-4)86(87)65-50-76-44-59-81(60-45-76)92-70-34-24-18-12-6/h36-45,51-60H,7-35,66-71H2,1-6H3. The molecule has 0 fully saturated rings. The first kappa shape index (κ1) is 74.9. The lowest BCUT2D eigenvalue weighted by atomic mass is 9.89. The van der Waals surface area contributed by atoms with Crippen molar-refractivity contribution in [3.05, 3.63) is 177 Å². The Bertz CT molecular complexity index is 3200. The number of unbranched alkanes of at least 4 members (excludes halogenated alkanes) is 23. The van der Waals surface area contributed by atoms with Crippen molar-refractivity contribution in [3.8, 4) is 93.7 Å². The minimum Gasteiger partial charge on any atom is -0.494 e. The highest BCUT2D eigenvalue weighted by Crippen LogP contribution is 2.35. The monoisotopic (exact) mass is 1260 g/mol. The molecule has 0 aliphatic rings. The van der Waals surface area contributed by atoms with Crippen LogP contribution in [-0.2, 0) is 4.89 Å². The highest BCUT2D eigenvalue weighted by Gasteiger charge is 2.24. The molecular formula is C87H108O7. The van der Waals surface area contributed by atoms with E-state index < -0.39 is 0 Å². The Balaban J connectivity index is 1.60. The lowest BCUT2D eigenvalue weighted by Crippen LogP contribution is -2.08. The molecule has 0 unspecified atom stereocenters. The lowest BCUT2D eigenvalue weighted by Gasteiger charge is -2.15. The van der Waals surface area contributed by atoms with E-state index in [1.807, 2.05) is 121 Å². The molecule has 0 amide bonds. The van der Waals surface area contributed by atoms with Gasteiger partial charge >= 0.3 is 0 Å². The number of hydrogen-bond acceptors (Lipinski definition) is 7. The van der Waals surface area contributed by atoms with Gasteiger partial charge in [0.2, 0.25) is 0 Å². The van der Waals surface area contributed by atoms with Gasteiger partial charge in [-0.25, -0.2) is 0 Å². The minimum atomic E-state index is 0.313. The molecule has 0 N–H and O–H groups in total. The van der Waals surface area contributed by atoms with Crippen molar-refractivity contribution in [3.63, 3.8) is 0 Å². The lowest BCUT2D eigenvalue weighted by molar-refractivity contribution is -0.207. The molecular weight excluding hydrogens is 1160 g/mol. The fourth-order valence-electron chi connectivity index (χ4n) is 10.4. The molecule has 0 atom stereocenters. The van der Waals surface area contributed by atoms with Crippen molar-refractivity contribution in [1.82, 2.24) is 0 Å². The largest absolute Gasteiger partial charge is 0.494 e. The SMILES string of the molecule is CCCCCCCCCCCOOc1c(C#Cc2ccc(OCCCCCC)cc2)c(C#Cc2ccc(OCCCCCC)cc2)c(C#Cc2ccc(OCCCCCC)cc2)c(C#Cc2ccc(OCCCCCC)cc2)c1C#Cc1ccc(OCCCCCC)cc1. The number of hydrogen-bond donors (Lipinski definition) is 0. The molecule has 6 rings (SSSR count). The van der Waals surface area contributed by atoms with Crippen LogP contribution < -0.4 is 28.6 Å². The van der Waals surface area contributed by atoms with Crippen LogP contribution in [0.5, 0.6) is 34.5 Å². The van der Waals surface area contributed by atoms with Gasteiger partial charge in [-0.3, -0.25) is 0 Å². The van der Waals surface area contributed by atoms with Crippen LogP contribution in [0.15, 0.2) is 121 Å². The Morgan fingerprint density at radius 2 is 0.394 bits per heavy atom. The molecule has 7 heteroatoms. The van der Waals surface area contributed by atoms with Gasteiger partial charge in [-0.15, -0.1) is 0 Å². The average Bonchev–Trinajstić information content (AvgIpc) is 0.774. The van der Waals surface area contributed by atoms with Gasteiger partial charge in [0, 0.05) is 27.8 Å². The summed E-state index contributed by atoms with van der Waals surface area (Å²) >= 11 is 0. The van der Waals surface area contributed by atoms with Crippen molar-refractivity contribution in [2.45, 2.75) is 228 Å². The molecule has 0 aliphatic carbocycles. The van der Waals surface area contributed by atoms with Crippen LogP contribution in [0.2, 0.25) is 0 Å². The molecule has 0 spiro atoms. The van der Waals surface area contributed by atoms with E-state index in [9.17, 15) is 0 Å². The summed E-state index contributed by atoms with van der Waals surface area (Å²) in [7, 11) is 0. The predicted molar refractivity (Wildman–Crippen MR) is 391 cm³/mol. The van der Waals surface area contributed by atoms with Crippen LogP contribution in [0.4, 0.5) is 0 Å². The summed E-state index contributed by atoms with van der Waals surface area (Å²) in [6, 6.07) is 39.9. The molecule has 7 nitrogen and oxygen atoms in total. The van der Waals surface area contributed by atoms with Crippen molar-refractivity contribution in [1.29, 1.82) is 0 Å². The Hall–Kier alpha value is -8.12. The zero-order valence-corrected chi connectivity index (χ0v) is 58.2. The minimum absolute atomic E-state index is 0.313. The molecule has 0 saturated heterocycles. The van der Waals surface area contributed by atoms with Crippen molar-refractivity contribution < 1.29 is 33.5 Å². The maximum Gasteiger partial charge on any atom is 0.199 e. The summed E-state index contributed by atoms with van der Waals surface area (Å²) in [6.45, 7) is 17.1. The third-order valence-corrected chi connectivity index (χ3v) is 16.2. The summed E-state index contributed by atoms with van der Waals surface area (Å²) in [5, 5.41) is 0. The summed E-state index contributed by atoms with van der Waals surface area (Å²) in [6.07, 6.45) is 33.2. The number of benzene rings is 6. The van der Waals surface area contributed by atoms with E-state index in [-0.39, 0.29) is 0 Å². The molecule has 0 aliphatic heterocycles. The molecule has 0 heterocycles. The predicted octanol–water partition coefficient (Wildman–Crippen LogP) is 22.3. The quantitative estimate of drug-likeness (QED) is 0.0164. The Labute approximate surface area is 568 Å². The summed E-state index contributed by atoms with van der Waals surface area (Å²) in [5.41, 5.74) is 6.47. The van der Waals surface area contributed by atoms with Crippen LogP contribution in [-0.4, -0.2) is 39.6 Å². The van der Waals surface area contributed by atoms with Gasteiger partial charge in [-0.1, -0.05) is 248 Å². The van der Waals surface area contributed by atoms with Crippen molar-refractivity contribution >= 4 is 0 Å². The molecule has 94 heavy (non-hydrogen) atoms. The van der Waals surface area contributed by atoms with E-state index in [0.717, 1.165) is 140 Å². The second kappa shape index (κ2) is 47.7. The normalized spacial score (nSPS) is 10.5. The van der Waals surface area contributed by atoms with Gasteiger partial charge < -0.3 is 28.6 Å². The Morgan fingerprint density at radius 1 is 0.202 bits per heavy atom.